The minimum absolute atomic E-state index is 0.235. The molecule has 222 valence electrons. The Kier molecular flexibility index (Phi) is 8.17. The fraction of sp³-hybridized carbons (Fsp3) is 0.528. The van der Waals surface area contributed by atoms with Gasteiger partial charge in [0.25, 0.3) is 0 Å². The van der Waals surface area contributed by atoms with Gasteiger partial charge >= 0.3 is 0 Å². The number of piperidine rings is 1. The van der Waals surface area contributed by atoms with Crippen LogP contribution in [0.15, 0.2) is 30.5 Å². The molecule has 2 fully saturated rings. The van der Waals surface area contributed by atoms with Gasteiger partial charge in [-0.3, -0.25) is 4.98 Å². The molecular formula is C36H44F2N4. The summed E-state index contributed by atoms with van der Waals surface area (Å²) in [7, 11) is 0. The summed E-state index contributed by atoms with van der Waals surface area (Å²) in [6.07, 6.45) is 13.7. The van der Waals surface area contributed by atoms with E-state index in [9.17, 15) is 4.39 Å². The molecule has 1 unspecified atom stereocenters. The van der Waals surface area contributed by atoms with Crippen molar-refractivity contribution in [3.63, 3.8) is 0 Å². The number of aromatic nitrogens is 3. The first-order valence-electron chi connectivity index (χ1n) is 16.2. The Morgan fingerprint density at radius 3 is 2.64 bits per heavy atom. The summed E-state index contributed by atoms with van der Waals surface area (Å²) < 4.78 is 31.8. The molecule has 3 heterocycles. The normalized spacial score (nSPS) is 18.2. The van der Waals surface area contributed by atoms with Gasteiger partial charge in [-0.15, -0.1) is 0 Å². The van der Waals surface area contributed by atoms with Crippen LogP contribution in [0.3, 0.4) is 0 Å². The highest BCUT2D eigenvalue weighted by Gasteiger charge is 2.40. The monoisotopic (exact) mass is 570 g/mol. The topological polar surface area (TPSA) is 41.9 Å². The number of pyridine rings is 1. The number of halogens is 2. The maximum atomic E-state index is 16.8. The van der Waals surface area contributed by atoms with Crippen molar-refractivity contribution < 1.29 is 8.78 Å². The zero-order valence-electron chi connectivity index (χ0n) is 25.7. The summed E-state index contributed by atoms with van der Waals surface area (Å²) in [6.45, 7) is 10.3. The Labute approximate surface area is 249 Å². The highest BCUT2D eigenvalue weighted by molar-refractivity contribution is 6.01. The molecule has 4 nitrogen and oxygen atoms in total. The lowest BCUT2D eigenvalue weighted by Gasteiger charge is -2.34. The molecule has 2 aromatic heterocycles. The second kappa shape index (κ2) is 11.9. The molecule has 2 aromatic carbocycles. The van der Waals surface area contributed by atoms with Crippen molar-refractivity contribution in [2.45, 2.75) is 98.3 Å². The minimum atomic E-state index is -0.438. The first-order valence-corrected chi connectivity index (χ1v) is 16.2. The van der Waals surface area contributed by atoms with Crippen molar-refractivity contribution in [3.05, 3.63) is 59.0 Å². The molecule has 6 rings (SSSR count). The average Bonchev–Trinajstić information content (AvgIpc) is 3.79. The first-order chi connectivity index (χ1) is 20.4. The zero-order valence-corrected chi connectivity index (χ0v) is 25.7. The van der Waals surface area contributed by atoms with Crippen LogP contribution in [0.5, 0.6) is 0 Å². The van der Waals surface area contributed by atoms with Gasteiger partial charge in [0.2, 0.25) is 0 Å². The van der Waals surface area contributed by atoms with Crippen molar-refractivity contribution in [2.75, 3.05) is 18.0 Å². The van der Waals surface area contributed by atoms with Crippen LogP contribution in [0.25, 0.3) is 32.9 Å². The SMILES string of the molecule is CCCCC1CCCN(c2nc(CCC3(CC)CC3)nc3c(F)c(-c4cc(C)cc5ccc(F)c(CC)c45)ncc23)C1. The Hall–Kier alpha value is -3.15. The Morgan fingerprint density at radius 1 is 1.07 bits per heavy atom. The van der Waals surface area contributed by atoms with Crippen molar-refractivity contribution in [1.29, 1.82) is 0 Å². The average molecular weight is 571 g/mol. The highest BCUT2D eigenvalue weighted by Crippen LogP contribution is 2.52. The van der Waals surface area contributed by atoms with Crippen LogP contribution < -0.4 is 4.90 Å². The second-order valence-corrected chi connectivity index (χ2v) is 12.9. The van der Waals surface area contributed by atoms with E-state index < -0.39 is 5.82 Å². The van der Waals surface area contributed by atoms with Crippen molar-refractivity contribution in [2.24, 2.45) is 11.3 Å². The summed E-state index contributed by atoms with van der Waals surface area (Å²) in [5.41, 5.74) is 3.17. The van der Waals surface area contributed by atoms with Crippen molar-refractivity contribution >= 4 is 27.5 Å². The van der Waals surface area contributed by atoms with Crippen molar-refractivity contribution in [1.82, 2.24) is 15.0 Å². The van der Waals surface area contributed by atoms with E-state index in [1.165, 1.54) is 44.6 Å². The molecule has 0 N–H and O–H groups in total. The number of rotatable bonds is 10. The number of benzene rings is 2. The third kappa shape index (κ3) is 5.49. The molecule has 0 bridgehead atoms. The van der Waals surface area contributed by atoms with E-state index in [1.54, 1.807) is 12.3 Å². The molecule has 0 spiro atoms. The number of nitrogens with zero attached hydrogens (tertiary/aromatic N) is 4. The van der Waals surface area contributed by atoms with Gasteiger partial charge in [-0.25, -0.2) is 18.7 Å². The fourth-order valence-electron chi connectivity index (χ4n) is 7.15. The smallest absolute Gasteiger partial charge is 0.175 e. The lowest BCUT2D eigenvalue weighted by atomic mass is 9.92. The predicted octanol–water partition coefficient (Wildman–Crippen LogP) is 9.52. The molecule has 6 heteroatoms. The largest absolute Gasteiger partial charge is 0.356 e. The lowest BCUT2D eigenvalue weighted by Crippen LogP contribution is -2.36. The summed E-state index contributed by atoms with van der Waals surface area (Å²) in [4.78, 5) is 17.1. The Bertz CT molecular complexity index is 1610. The van der Waals surface area contributed by atoms with E-state index in [-0.39, 0.29) is 11.5 Å². The standard InChI is InChI=1S/C36H44F2N4/c1-5-8-10-24-11-9-18-42(22-24)35-28-21-39-33(27-20-23(4)19-25-12-13-29(37)26(6-2)31(25)27)32(38)34(28)40-30(41-35)14-15-36(7-3)16-17-36/h12-13,19-21,24H,5-11,14-18,22H2,1-4H3. The van der Waals surface area contributed by atoms with E-state index in [0.29, 0.717) is 39.8 Å². The maximum absolute atomic E-state index is 16.8. The van der Waals surface area contributed by atoms with Gasteiger partial charge in [-0.2, -0.15) is 0 Å². The predicted molar refractivity (Wildman–Crippen MR) is 169 cm³/mol. The molecule has 42 heavy (non-hydrogen) atoms. The molecule has 1 saturated heterocycles. The van der Waals surface area contributed by atoms with Crippen LogP contribution >= 0.6 is 0 Å². The van der Waals surface area contributed by atoms with E-state index in [4.69, 9.17) is 15.0 Å². The molecule has 1 saturated carbocycles. The highest BCUT2D eigenvalue weighted by atomic mass is 19.1. The molecule has 1 aliphatic heterocycles. The molecule has 0 radical (unpaired) electrons. The number of hydrogen-bond acceptors (Lipinski definition) is 4. The third-order valence-electron chi connectivity index (χ3n) is 10.0. The zero-order chi connectivity index (χ0) is 29.4. The van der Waals surface area contributed by atoms with E-state index in [1.807, 2.05) is 26.0 Å². The van der Waals surface area contributed by atoms with Crippen LogP contribution in [0.4, 0.5) is 14.6 Å². The molecule has 4 aromatic rings. The summed E-state index contributed by atoms with van der Waals surface area (Å²) >= 11 is 0. The van der Waals surface area contributed by atoms with Gasteiger partial charge in [0.15, 0.2) is 5.82 Å². The van der Waals surface area contributed by atoms with Crippen LogP contribution in [0.1, 0.15) is 95.5 Å². The van der Waals surface area contributed by atoms with E-state index in [2.05, 4.69) is 18.7 Å². The van der Waals surface area contributed by atoms with Crippen molar-refractivity contribution in [3.8, 4) is 11.3 Å². The van der Waals surface area contributed by atoms with Crippen LogP contribution in [-0.2, 0) is 12.8 Å². The van der Waals surface area contributed by atoms with Gasteiger partial charge in [0, 0.05) is 31.3 Å². The Balaban J connectivity index is 1.50. The second-order valence-electron chi connectivity index (χ2n) is 12.9. The number of unbranched alkanes of at least 4 members (excludes halogenated alkanes) is 1. The number of anilines is 1. The quantitative estimate of drug-likeness (QED) is 0.190. The molecular weight excluding hydrogens is 526 g/mol. The van der Waals surface area contributed by atoms with Crippen LogP contribution in [-0.4, -0.2) is 28.0 Å². The number of fused-ring (bicyclic) bond motifs is 2. The molecule has 2 aliphatic rings. The number of aryl methyl sites for hydroxylation is 3. The van der Waals surface area contributed by atoms with E-state index >= 15 is 4.39 Å². The summed E-state index contributed by atoms with van der Waals surface area (Å²) in [6, 6.07) is 7.25. The third-order valence-corrected chi connectivity index (χ3v) is 10.0. The first kappa shape index (κ1) is 28.9. The fourth-order valence-corrected chi connectivity index (χ4v) is 7.15. The minimum Gasteiger partial charge on any atom is -0.356 e. The van der Waals surface area contributed by atoms with Crippen LogP contribution in [0, 0.1) is 29.9 Å². The summed E-state index contributed by atoms with van der Waals surface area (Å²) in [5.74, 6) is 1.46. The van der Waals surface area contributed by atoms with E-state index in [0.717, 1.165) is 66.8 Å². The van der Waals surface area contributed by atoms with Gasteiger partial charge in [0.05, 0.1) is 5.39 Å². The van der Waals surface area contributed by atoms with Gasteiger partial charge < -0.3 is 4.90 Å². The maximum Gasteiger partial charge on any atom is 0.175 e. The Morgan fingerprint density at radius 2 is 1.90 bits per heavy atom. The molecule has 1 atom stereocenters. The molecule has 1 aliphatic carbocycles. The summed E-state index contributed by atoms with van der Waals surface area (Å²) in [5, 5.41) is 2.30. The van der Waals surface area contributed by atoms with Gasteiger partial charge in [-0.05, 0) is 97.2 Å². The van der Waals surface area contributed by atoms with Crippen LogP contribution in [0.2, 0.25) is 0 Å². The van der Waals surface area contributed by atoms with Gasteiger partial charge in [0.1, 0.15) is 28.7 Å². The van der Waals surface area contributed by atoms with Gasteiger partial charge in [-0.1, -0.05) is 52.2 Å². The molecule has 0 amide bonds. The lowest BCUT2D eigenvalue weighted by molar-refractivity contribution is 0.380. The number of hydrogen-bond donors (Lipinski definition) is 0.